The Bertz CT molecular complexity index is 1360. The summed E-state index contributed by atoms with van der Waals surface area (Å²) < 4.78 is 0. The van der Waals surface area contributed by atoms with Crippen LogP contribution < -0.4 is 0 Å². The van der Waals surface area contributed by atoms with Crippen LogP contribution in [0.2, 0.25) is 5.02 Å². The van der Waals surface area contributed by atoms with Gasteiger partial charge in [0, 0.05) is 35.7 Å². The zero-order valence-electron chi connectivity index (χ0n) is 19.7. The number of ketones is 1. The van der Waals surface area contributed by atoms with Crippen LogP contribution in [0, 0.1) is 0 Å². The summed E-state index contributed by atoms with van der Waals surface area (Å²) in [6, 6.07) is 26.5. The van der Waals surface area contributed by atoms with Crippen molar-refractivity contribution in [3.63, 3.8) is 0 Å². The number of allylic oxidation sites excluding steroid dienone is 3. The molecule has 0 aromatic heterocycles. The number of thioether (sulfide) groups is 1. The highest BCUT2D eigenvalue weighted by Gasteiger charge is 2.30. The minimum absolute atomic E-state index is 0.00798. The topological polar surface area (TPSA) is 49.7 Å². The average Bonchev–Trinajstić information content (AvgIpc) is 3.58. The molecule has 3 aromatic rings. The van der Waals surface area contributed by atoms with Crippen LogP contribution in [0.3, 0.4) is 0 Å². The summed E-state index contributed by atoms with van der Waals surface area (Å²) >= 11 is 7.59. The Morgan fingerprint density at radius 2 is 1.47 bits per heavy atom. The lowest BCUT2D eigenvalue weighted by Gasteiger charge is -2.16. The summed E-state index contributed by atoms with van der Waals surface area (Å²) in [5.74, 6) is -0.226. The average molecular weight is 513 g/mol. The number of Topliss-reactive ketones (excluding diaryl/α,β-unsaturated/α-hetero) is 1. The van der Waals surface area contributed by atoms with Gasteiger partial charge in [-0.25, -0.2) is 0 Å². The lowest BCUT2D eigenvalue weighted by atomic mass is 9.93. The molecule has 0 unspecified atom stereocenters. The van der Waals surface area contributed by atoms with Gasteiger partial charge in [0.15, 0.2) is 11.0 Å². The SMILES string of the molecule is O=C1N=C(N2CCCC2)S/C1=C(/C=C(\CC(=O)c1ccccc1)c1ccc(Cl)cc1)c1ccccc1. The van der Waals surface area contributed by atoms with Gasteiger partial charge in [0.25, 0.3) is 5.91 Å². The van der Waals surface area contributed by atoms with E-state index in [0.29, 0.717) is 15.5 Å². The number of carbonyl (C=O) groups is 2. The predicted octanol–water partition coefficient (Wildman–Crippen LogP) is 7.13. The Hall–Kier alpha value is -3.41. The zero-order valence-corrected chi connectivity index (χ0v) is 21.3. The van der Waals surface area contributed by atoms with Crippen molar-refractivity contribution in [3.8, 4) is 0 Å². The monoisotopic (exact) mass is 512 g/mol. The first-order chi connectivity index (χ1) is 17.6. The Morgan fingerprint density at radius 3 is 2.11 bits per heavy atom. The van der Waals surface area contributed by atoms with E-state index in [9.17, 15) is 9.59 Å². The van der Waals surface area contributed by atoms with Crippen LogP contribution in [0.15, 0.2) is 101 Å². The molecule has 0 aliphatic carbocycles. The van der Waals surface area contributed by atoms with Crippen molar-refractivity contribution < 1.29 is 9.59 Å². The predicted molar refractivity (Wildman–Crippen MR) is 149 cm³/mol. The van der Waals surface area contributed by atoms with Crippen LogP contribution in [0.25, 0.3) is 11.1 Å². The maximum absolute atomic E-state index is 13.2. The first kappa shape index (κ1) is 24.3. The number of amidine groups is 1. The number of hydrogen-bond donors (Lipinski definition) is 0. The third kappa shape index (κ3) is 5.53. The summed E-state index contributed by atoms with van der Waals surface area (Å²) in [7, 11) is 0. The molecule has 0 spiro atoms. The van der Waals surface area contributed by atoms with E-state index in [2.05, 4.69) is 9.89 Å². The third-order valence-electron chi connectivity index (χ3n) is 6.27. The summed E-state index contributed by atoms with van der Waals surface area (Å²) in [5, 5.41) is 1.39. The van der Waals surface area contributed by atoms with E-state index in [1.807, 2.05) is 91.0 Å². The number of amides is 1. The molecular weight excluding hydrogens is 488 g/mol. The molecular formula is C30H25ClN2O2S. The van der Waals surface area contributed by atoms with Gasteiger partial charge in [0.1, 0.15) is 0 Å². The van der Waals surface area contributed by atoms with Gasteiger partial charge >= 0.3 is 0 Å². The molecule has 2 heterocycles. The van der Waals surface area contributed by atoms with E-state index in [1.165, 1.54) is 11.8 Å². The minimum Gasteiger partial charge on any atom is -0.351 e. The fraction of sp³-hybridized carbons (Fsp3) is 0.167. The Kier molecular flexibility index (Phi) is 7.49. The van der Waals surface area contributed by atoms with Gasteiger partial charge in [-0.05, 0) is 59.5 Å². The zero-order chi connectivity index (χ0) is 24.9. The molecule has 2 aliphatic heterocycles. The summed E-state index contributed by atoms with van der Waals surface area (Å²) in [6.07, 6.45) is 4.39. The van der Waals surface area contributed by atoms with Gasteiger partial charge in [-0.2, -0.15) is 4.99 Å². The highest BCUT2D eigenvalue weighted by Crippen LogP contribution is 2.38. The number of aliphatic imine (C=N–C) groups is 1. The molecule has 0 saturated carbocycles. The fourth-order valence-electron chi connectivity index (χ4n) is 4.38. The van der Waals surface area contributed by atoms with Crippen molar-refractivity contribution in [2.75, 3.05) is 13.1 Å². The molecule has 36 heavy (non-hydrogen) atoms. The third-order valence-corrected chi connectivity index (χ3v) is 7.65. The van der Waals surface area contributed by atoms with E-state index in [4.69, 9.17) is 11.6 Å². The van der Waals surface area contributed by atoms with Crippen LogP contribution in [0.5, 0.6) is 0 Å². The highest BCUT2D eigenvalue weighted by molar-refractivity contribution is 8.18. The van der Waals surface area contributed by atoms with E-state index < -0.39 is 0 Å². The standard InChI is InChI=1S/C30H25ClN2O2S/c31-25-15-13-21(14-16-25)24(20-27(34)23-11-5-2-6-12-23)19-26(22-9-3-1-4-10-22)28-29(35)32-30(36-28)33-17-7-8-18-33/h1-6,9-16,19H,7-8,17-18,20H2/b24-19+,28-26-. The van der Waals surface area contributed by atoms with Gasteiger partial charge in [-0.15, -0.1) is 0 Å². The molecule has 5 rings (SSSR count). The number of likely N-dealkylation sites (tertiary alicyclic amines) is 1. The number of halogens is 1. The molecule has 0 bridgehead atoms. The minimum atomic E-state index is -0.234. The van der Waals surface area contributed by atoms with Crippen molar-refractivity contribution in [2.24, 2.45) is 4.99 Å². The fourth-order valence-corrected chi connectivity index (χ4v) is 5.55. The first-order valence-corrected chi connectivity index (χ1v) is 13.2. The number of benzene rings is 3. The van der Waals surface area contributed by atoms with Crippen molar-refractivity contribution >= 4 is 51.4 Å². The van der Waals surface area contributed by atoms with E-state index in [0.717, 1.165) is 53.4 Å². The number of rotatable bonds is 6. The first-order valence-electron chi connectivity index (χ1n) is 12.0. The highest BCUT2D eigenvalue weighted by atomic mass is 35.5. The van der Waals surface area contributed by atoms with Crippen LogP contribution in [-0.2, 0) is 4.79 Å². The lowest BCUT2D eigenvalue weighted by Crippen LogP contribution is -2.23. The van der Waals surface area contributed by atoms with E-state index in [-0.39, 0.29) is 18.1 Å². The van der Waals surface area contributed by atoms with Crippen LogP contribution in [0.1, 0.15) is 40.7 Å². The quantitative estimate of drug-likeness (QED) is 0.260. The smallest absolute Gasteiger partial charge is 0.286 e. The van der Waals surface area contributed by atoms with Crippen LogP contribution in [0.4, 0.5) is 0 Å². The second-order valence-corrected chi connectivity index (χ2v) is 10.2. The van der Waals surface area contributed by atoms with Crippen molar-refractivity contribution in [2.45, 2.75) is 19.3 Å². The van der Waals surface area contributed by atoms with Crippen molar-refractivity contribution in [1.29, 1.82) is 0 Å². The molecule has 2 aliphatic rings. The second kappa shape index (κ2) is 11.1. The molecule has 0 atom stereocenters. The number of carbonyl (C=O) groups excluding carboxylic acids is 2. The summed E-state index contributed by atoms with van der Waals surface area (Å²) in [5.41, 5.74) is 4.03. The van der Waals surface area contributed by atoms with Gasteiger partial charge in [0.2, 0.25) is 0 Å². The van der Waals surface area contributed by atoms with Crippen LogP contribution >= 0.6 is 23.4 Å². The normalized spacial score (nSPS) is 17.4. The van der Waals surface area contributed by atoms with Crippen molar-refractivity contribution in [1.82, 2.24) is 4.90 Å². The maximum atomic E-state index is 13.2. The molecule has 0 radical (unpaired) electrons. The summed E-state index contributed by atoms with van der Waals surface area (Å²) in [6.45, 7) is 1.84. The van der Waals surface area contributed by atoms with Gasteiger partial charge in [-0.1, -0.05) is 84.4 Å². The van der Waals surface area contributed by atoms with Gasteiger partial charge in [-0.3, -0.25) is 9.59 Å². The summed E-state index contributed by atoms with van der Waals surface area (Å²) in [4.78, 5) is 33.6. The van der Waals surface area contributed by atoms with E-state index in [1.54, 1.807) is 0 Å². The Morgan fingerprint density at radius 1 is 0.861 bits per heavy atom. The number of nitrogens with zero attached hydrogens (tertiary/aromatic N) is 2. The molecule has 4 nitrogen and oxygen atoms in total. The molecule has 0 N–H and O–H groups in total. The molecule has 6 heteroatoms. The Balaban J connectivity index is 1.60. The second-order valence-electron chi connectivity index (χ2n) is 8.75. The molecule has 180 valence electrons. The lowest BCUT2D eigenvalue weighted by molar-refractivity contribution is -0.113. The largest absolute Gasteiger partial charge is 0.351 e. The van der Waals surface area contributed by atoms with E-state index >= 15 is 0 Å². The van der Waals surface area contributed by atoms with Crippen molar-refractivity contribution in [3.05, 3.63) is 118 Å². The van der Waals surface area contributed by atoms with Crippen LogP contribution in [-0.4, -0.2) is 34.8 Å². The molecule has 1 fully saturated rings. The van der Waals surface area contributed by atoms with Gasteiger partial charge in [0.05, 0.1) is 4.91 Å². The molecule has 1 saturated heterocycles. The molecule has 1 amide bonds. The number of hydrogen-bond acceptors (Lipinski definition) is 4. The maximum Gasteiger partial charge on any atom is 0.286 e. The van der Waals surface area contributed by atoms with Gasteiger partial charge < -0.3 is 4.90 Å². The Labute approximate surface area is 220 Å². The molecule has 3 aromatic carbocycles.